The van der Waals surface area contributed by atoms with E-state index in [1.165, 1.54) is 0 Å². The minimum atomic E-state index is -2.65. The Labute approximate surface area is 245 Å². The number of benzene rings is 2. The van der Waals surface area contributed by atoms with E-state index in [2.05, 4.69) is 28.2 Å². The Kier molecular flexibility index (Phi) is 7.33. The molecule has 0 saturated carbocycles. The van der Waals surface area contributed by atoms with Crippen molar-refractivity contribution in [3.8, 4) is 11.1 Å². The third-order valence-corrected chi connectivity index (χ3v) is 8.35. The molecule has 3 heterocycles. The number of ether oxygens (including phenoxy) is 1. The number of carbonyl (C=O) groups is 1. The molecule has 9 heteroatoms. The molecule has 0 spiro atoms. The predicted octanol–water partition coefficient (Wildman–Crippen LogP) is 7.29. The molecule has 0 fully saturated rings. The maximum atomic E-state index is 14.5. The summed E-state index contributed by atoms with van der Waals surface area (Å²) in [5, 5.41) is 14.3. The van der Waals surface area contributed by atoms with E-state index >= 15 is 0 Å². The van der Waals surface area contributed by atoms with Crippen LogP contribution >= 0.6 is 0 Å². The predicted molar refractivity (Wildman–Crippen MR) is 159 cm³/mol. The average Bonchev–Trinajstić information content (AvgIpc) is 3.57. The van der Waals surface area contributed by atoms with Crippen LogP contribution in [0.5, 0.6) is 0 Å². The smallest absolute Gasteiger partial charge is 0.410 e. The van der Waals surface area contributed by atoms with Crippen LogP contribution in [0.2, 0.25) is 0 Å². The molecule has 2 aromatic carbocycles. The van der Waals surface area contributed by atoms with Crippen LogP contribution < -0.4 is 4.90 Å². The summed E-state index contributed by atoms with van der Waals surface area (Å²) in [6.45, 7) is 7.05. The maximum absolute atomic E-state index is 14.5. The van der Waals surface area contributed by atoms with Gasteiger partial charge in [-0.3, -0.25) is 9.58 Å². The minimum Gasteiger partial charge on any atom is -0.444 e. The van der Waals surface area contributed by atoms with Gasteiger partial charge in [-0.25, -0.2) is 13.6 Å². The van der Waals surface area contributed by atoms with Gasteiger partial charge in [0.15, 0.2) is 0 Å². The number of allylic oxidation sites excluding steroid dienone is 1. The van der Waals surface area contributed by atoms with Crippen LogP contribution in [0.25, 0.3) is 16.7 Å². The first kappa shape index (κ1) is 28.4. The van der Waals surface area contributed by atoms with Crippen molar-refractivity contribution < 1.29 is 23.4 Å². The molecule has 7 nitrogen and oxygen atoms in total. The number of fused-ring (bicyclic) bond motifs is 2. The van der Waals surface area contributed by atoms with Crippen LogP contribution in [0.15, 0.2) is 42.7 Å². The molecular formula is C33H38F2N4O3. The summed E-state index contributed by atoms with van der Waals surface area (Å²) in [6, 6.07) is 7.85. The molecule has 6 rings (SSSR count). The van der Waals surface area contributed by atoms with Crippen molar-refractivity contribution in [3.63, 3.8) is 0 Å². The first-order valence-corrected chi connectivity index (χ1v) is 14.7. The number of hydrogen-bond acceptors (Lipinski definition) is 5. The Morgan fingerprint density at radius 1 is 1.07 bits per heavy atom. The lowest BCUT2D eigenvalue weighted by Gasteiger charge is -2.34. The number of aromatic nitrogens is 2. The van der Waals surface area contributed by atoms with E-state index in [0.717, 1.165) is 58.5 Å². The van der Waals surface area contributed by atoms with Crippen molar-refractivity contribution in [3.05, 3.63) is 70.6 Å². The third kappa shape index (κ3) is 5.54. The molecular weight excluding hydrogens is 538 g/mol. The molecule has 1 unspecified atom stereocenters. The molecule has 1 atom stereocenters. The molecule has 0 saturated heterocycles. The third-order valence-electron chi connectivity index (χ3n) is 8.35. The van der Waals surface area contributed by atoms with E-state index in [1.807, 2.05) is 26.8 Å². The van der Waals surface area contributed by atoms with Crippen LogP contribution in [0.1, 0.15) is 80.7 Å². The number of hydrogen-bond donors (Lipinski definition) is 1. The second kappa shape index (κ2) is 10.8. The van der Waals surface area contributed by atoms with Crippen LogP contribution in [0.4, 0.5) is 25.0 Å². The van der Waals surface area contributed by atoms with E-state index < -0.39 is 12.0 Å². The van der Waals surface area contributed by atoms with E-state index in [4.69, 9.17) is 4.74 Å². The summed E-state index contributed by atoms with van der Waals surface area (Å²) < 4.78 is 36.4. The molecule has 3 aromatic rings. The van der Waals surface area contributed by atoms with Gasteiger partial charge in [0, 0.05) is 54.4 Å². The van der Waals surface area contributed by atoms with Gasteiger partial charge in [0.05, 0.1) is 18.8 Å². The average molecular weight is 577 g/mol. The highest BCUT2D eigenvalue weighted by atomic mass is 19.3. The zero-order chi connectivity index (χ0) is 29.8. The Bertz CT molecular complexity index is 1560. The highest BCUT2D eigenvalue weighted by molar-refractivity contribution is 5.82. The summed E-state index contributed by atoms with van der Waals surface area (Å²) >= 11 is 0. The van der Waals surface area contributed by atoms with Gasteiger partial charge in [0.1, 0.15) is 5.60 Å². The molecule has 222 valence electrons. The van der Waals surface area contributed by atoms with Gasteiger partial charge in [-0.05, 0) is 105 Å². The Morgan fingerprint density at radius 2 is 1.88 bits per heavy atom. The fraction of sp³-hybridized carbons (Fsp3) is 0.455. The van der Waals surface area contributed by atoms with Crippen molar-refractivity contribution in [2.24, 2.45) is 7.05 Å². The Hall–Kier alpha value is -3.72. The van der Waals surface area contributed by atoms with Gasteiger partial charge < -0.3 is 14.7 Å². The summed E-state index contributed by atoms with van der Waals surface area (Å²) in [5.41, 5.74) is 7.58. The second-order valence-corrected chi connectivity index (χ2v) is 12.7. The number of halogens is 2. The zero-order valence-corrected chi connectivity index (χ0v) is 24.7. The Morgan fingerprint density at radius 3 is 2.55 bits per heavy atom. The summed E-state index contributed by atoms with van der Waals surface area (Å²) in [4.78, 5) is 17.0. The number of aliphatic hydroxyl groups excluding tert-OH is 1. The first-order valence-electron chi connectivity index (χ1n) is 14.7. The quantitative estimate of drug-likeness (QED) is 0.353. The monoisotopic (exact) mass is 576 g/mol. The fourth-order valence-corrected chi connectivity index (χ4v) is 6.35. The van der Waals surface area contributed by atoms with Crippen LogP contribution in [0, 0.1) is 0 Å². The number of carbonyl (C=O) groups excluding carboxylic acids is 1. The standard InChI is InChI=1S/C33H38F2N4O3/c1-33(2,3)42-32(41)38-18-23-12-22(20-7-9-25(40)10-8-20)14-30(28(23)19-38)39-11-5-6-21-13-26(24-16-36-37(4)17-24)27(31(34)35)15-29(21)39/h7,12-17,25,31,40H,5-6,8-11,18-19H2,1-4H3. The van der Waals surface area contributed by atoms with Crippen molar-refractivity contribution in [2.75, 3.05) is 11.4 Å². The van der Waals surface area contributed by atoms with Gasteiger partial charge in [0.2, 0.25) is 0 Å². The lowest BCUT2D eigenvalue weighted by molar-refractivity contribution is 0.0242. The molecule has 1 N–H and O–H groups in total. The lowest BCUT2D eigenvalue weighted by atomic mass is 9.89. The van der Waals surface area contributed by atoms with Gasteiger partial charge in [-0.1, -0.05) is 6.08 Å². The zero-order valence-electron chi connectivity index (χ0n) is 24.7. The van der Waals surface area contributed by atoms with Crippen molar-refractivity contribution in [1.29, 1.82) is 0 Å². The topological polar surface area (TPSA) is 70.8 Å². The molecule has 0 radical (unpaired) electrons. The van der Waals surface area contributed by atoms with Crippen LogP contribution in [-0.4, -0.2) is 44.1 Å². The molecule has 1 aromatic heterocycles. The van der Waals surface area contributed by atoms with Gasteiger partial charge in [-0.15, -0.1) is 0 Å². The number of rotatable bonds is 4. The Balaban J connectivity index is 1.46. The van der Waals surface area contributed by atoms with E-state index in [1.54, 1.807) is 35.1 Å². The largest absolute Gasteiger partial charge is 0.444 e. The van der Waals surface area contributed by atoms with Crippen LogP contribution in [0.3, 0.4) is 0 Å². The maximum Gasteiger partial charge on any atom is 0.410 e. The number of aliphatic hydroxyl groups is 1. The molecule has 2 aliphatic heterocycles. The lowest BCUT2D eigenvalue weighted by Crippen LogP contribution is -2.33. The van der Waals surface area contributed by atoms with Gasteiger partial charge in [0.25, 0.3) is 6.43 Å². The van der Waals surface area contributed by atoms with Crippen molar-refractivity contribution in [1.82, 2.24) is 14.7 Å². The van der Waals surface area contributed by atoms with E-state index in [9.17, 15) is 18.7 Å². The highest BCUT2D eigenvalue weighted by Gasteiger charge is 2.33. The summed E-state index contributed by atoms with van der Waals surface area (Å²) in [6.07, 6.45) is 5.87. The molecule has 42 heavy (non-hydrogen) atoms. The number of anilines is 2. The summed E-state index contributed by atoms with van der Waals surface area (Å²) in [7, 11) is 1.78. The molecule has 1 aliphatic carbocycles. The van der Waals surface area contributed by atoms with Crippen molar-refractivity contribution in [2.45, 2.75) is 84.1 Å². The fourth-order valence-electron chi connectivity index (χ4n) is 6.35. The SMILES string of the molecule is Cn1cc(-c2cc3c(cc2C(F)F)N(c2cc(C4=CCC(O)CC4)cc4c2CN(C(=O)OC(C)(C)C)C4)CCC3)cn1. The normalized spacial score (nSPS) is 18.7. The van der Waals surface area contributed by atoms with Gasteiger partial charge >= 0.3 is 6.09 Å². The van der Waals surface area contributed by atoms with Crippen molar-refractivity contribution >= 4 is 23.0 Å². The molecule has 0 bridgehead atoms. The van der Waals surface area contributed by atoms with Gasteiger partial charge in [-0.2, -0.15) is 5.10 Å². The van der Waals surface area contributed by atoms with E-state index in [-0.39, 0.29) is 17.8 Å². The molecule has 3 aliphatic rings. The first-order chi connectivity index (χ1) is 20.0. The van der Waals surface area contributed by atoms with E-state index in [0.29, 0.717) is 43.6 Å². The number of amides is 1. The second-order valence-electron chi connectivity index (χ2n) is 12.7. The highest BCUT2D eigenvalue weighted by Crippen LogP contribution is 2.45. The number of aryl methyl sites for hydroxylation is 2. The molecule has 1 amide bonds. The summed E-state index contributed by atoms with van der Waals surface area (Å²) in [5.74, 6) is 0. The number of nitrogens with zero attached hydrogens (tertiary/aromatic N) is 4. The number of alkyl halides is 2. The van der Waals surface area contributed by atoms with Crippen LogP contribution in [-0.2, 0) is 31.3 Å². The minimum absolute atomic E-state index is 0.0131.